The van der Waals surface area contributed by atoms with E-state index >= 15 is 0 Å². The predicted molar refractivity (Wildman–Crippen MR) is 94.4 cm³/mol. The van der Waals surface area contributed by atoms with Crippen molar-refractivity contribution in [3.05, 3.63) is 39.9 Å². The minimum atomic E-state index is -1.33. The van der Waals surface area contributed by atoms with Crippen LogP contribution >= 0.6 is 0 Å². The van der Waals surface area contributed by atoms with Gasteiger partial charge in [-0.2, -0.15) is 0 Å². The smallest absolute Gasteiger partial charge is 0.332 e. The first-order valence-corrected chi connectivity index (χ1v) is 8.07. The number of benzene rings is 1. The van der Waals surface area contributed by atoms with E-state index in [4.69, 9.17) is 0 Å². The van der Waals surface area contributed by atoms with Gasteiger partial charge in [0.05, 0.1) is 5.92 Å². The molecule has 1 aromatic rings. The zero-order valence-electron chi connectivity index (χ0n) is 15.4. The Morgan fingerprint density at radius 1 is 1.04 bits per heavy atom. The Balaban J connectivity index is 2.54. The molecule has 2 atom stereocenters. The van der Waals surface area contributed by atoms with Gasteiger partial charge in [-0.1, -0.05) is 12.1 Å². The van der Waals surface area contributed by atoms with Gasteiger partial charge >= 0.3 is 6.03 Å². The molecule has 140 valence electrons. The predicted octanol–water partition coefficient (Wildman–Crippen LogP) is 1.17. The van der Waals surface area contributed by atoms with Gasteiger partial charge in [0.25, 0.3) is 0 Å². The van der Waals surface area contributed by atoms with Crippen molar-refractivity contribution in [3.8, 4) is 0 Å². The van der Waals surface area contributed by atoms with E-state index in [0.717, 1.165) is 15.5 Å². The molecule has 26 heavy (non-hydrogen) atoms. The standard InChI is InChI=1S/C17H22N4O5/c1-10(21(25)26)13(11-6-8-12(9-7-11)18(2)3)14-15(22)19(4)17(24)20(5)16(14)23/h6-10,13-14H,1-5H3. The van der Waals surface area contributed by atoms with E-state index in [0.29, 0.717) is 5.56 Å². The fraction of sp³-hybridized carbons (Fsp3) is 0.471. The third kappa shape index (κ3) is 3.24. The van der Waals surface area contributed by atoms with Gasteiger partial charge in [-0.05, 0) is 17.7 Å². The van der Waals surface area contributed by atoms with Gasteiger partial charge in [0.15, 0.2) is 0 Å². The van der Waals surface area contributed by atoms with Crippen molar-refractivity contribution in [2.24, 2.45) is 5.92 Å². The van der Waals surface area contributed by atoms with Crippen LogP contribution in [0.25, 0.3) is 0 Å². The molecule has 9 heteroatoms. The van der Waals surface area contributed by atoms with Gasteiger partial charge in [0.2, 0.25) is 17.9 Å². The number of hydrogen-bond acceptors (Lipinski definition) is 6. The number of hydrogen-bond donors (Lipinski definition) is 0. The third-order valence-electron chi connectivity index (χ3n) is 4.77. The number of carbonyl (C=O) groups excluding carboxylic acids is 3. The van der Waals surface area contributed by atoms with E-state index in [1.165, 1.54) is 21.0 Å². The van der Waals surface area contributed by atoms with Crippen molar-refractivity contribution >= 4 is 23.5 Å². The Bertz CT molecular complexity index is 722. The highest BCUT2D eigenvalue weighted by atomic mass is 16.6. The molecule has 4 amide bonds. The molecule has 0 spiro atoms. The van der Waals surface area contributed by atoms with Crippen LogP contribution in [0.15, 0.2) is 24.3 Å². The number of rotatable bonds is 5. The van der Waals surface area contributed by atoms with Crippen molar-refractivity contribution in [1.29, 1.82) is 0 Å². The van der Waals surface area contributed by atoms with E-state index in [9.17, 15) is 24.5 Å². The molecule has 1 aliphatic rings. The highest BCUT2D eigenvalue weighted by molar-refractivity contribution is 6.16. The number of imide groups is 2. The molecule has 0 saturated carbocycles. The summed E-state index contributed by atoms with van der Waals surface area (Å²) in [5.41, 5.74) is 1.38. The van der Waals surface area contributed by atoms with Crippen LogP contribution in [-0.4, -0.2) is 66.8 Å². The molecule has 0 aromatic heterocycles. The SMILES string of the molecule is CC(C(c1ccc(N(C)C)cc1)C1C(=O)N(C)C(=O)N(C)C1=O)[N+](=O)[O-]. The zero-order valence-corrected chi connectivity index (χ0v) is 15.4. The minimum absolute atomic E-state index is 0.502. The van der Waals surface area contributed by atoms with Gasteiger partial charge in [-0.25, -0.2) is 4.79 Å². The monoisotopic (exact) mass is 362 g/mol. The highest BCUT2D eigenvalue weighted by Gasteiger charge is 2.51. The largest absolute Gasteiger partial charge is 0.378 e. The van der Waals surface area contributed by atoms with Crippen molar-refractivity contribution in [1.82, 2.24) is 9.80 Å². The normalized spacial score (nSPS) is 18.1. The van der Waals surface area contributed by atoms with Crippen LogP contribution in [-0.2, 0) is 9.59 Å². The second-order valence-electron chi connectivity index (χ2n) is 6.59. The van der Waals surface area contributed by atoms with E-state index < -0.39 is 40.6 Å². The summed E-state index contributed by atoms with van der Waals surface area (Å²) in [4.78, 5) is 51.7. The molecule has 1 aromatic carbocycles. The molecule has 1 saturated heterocycles. The molecule has 0 aliphatic carbocycles. The average Bonchev–Trinajstić information content (AvgIpc) is 2.61. The van der Waals surface area contributed by atoms with Crippen LogP contribution < -0.4 is 4.90 Å². The van der Waals surface area contributed by atoms with Crippen molar-refractivity contribution in [2.45, 2.75) is 18.9 Å². The first-order valence-electron chi connectivity index (χ1n) is 8.07. The summed E-state index contributed by atoms with van der Waals surface area (Å²) >= 11 is 0. The fourth-order valence-corrected chi connectivity index (χ4v) is 3.12. The molecular weight excluding hydrogens is 340 g/mol. The molecule has 9 nitrogen and oxygen atoms in total. The number of amides is 4. The van der Waals surface area contributed by atoms with Gasteiger partial charge < -0.3 is 4.90 Å². The summed E-state index contributed by atoms with van der Waals surface area (Å²) in [5, 5.41) is 11.5. The Hall–Kier alpha value is -2.97. The van der Waals surface area contributed by atoms with Crippen molar-refractivity contribution < 1.29 is 19.3 Å². The Morgan fingerprint density at radius 3 is 1.88 bits per heavy atom. The van der Waals surface area contributed by atoms with Crippen LogP contribution in [0.4, 0.5) is 10.5 Å². The van der Waals surface area contributed by atoms with E-state index in [2.05, 4.69) is 0 Å². The first-order chi connectivity index (χ1) is 12.1. The second kappa shape index (κ2) is 7.11. The lowest BCUT2D eigenvalue weighted by atomic mass is 9.79. The number of barbiturate groups is 1. The van der Waals surface area contributed by atoms with Gasteiger partial charge in [0, 0.05) is 45.7 Å². The molecule has 0 N–H and O–H groups in total. The van der Waals surface area contributed by atoms with Gasteiger partial charge in [0.1, 0.15) is 5.92 Å². The zero-order chi connectivity index (χ0) is 19.8. The maximum absolute atomic E-state index is 12.6. The minimum Gasteiger partial charge on any atom is -0.378 e. The van der Waals surface area contributed by atoms with Gasteiger partial charge in [-0.15, -0.1) is 0 Å². The lowest BCUT2D eigenvalue weighted by molar-refractivity contribution is -0.523. The Labute approximate surface area is 151 Å². The third-order valence-corrected chi connectivity index (χ3v) is 4.77. The van der Waals surface area contributed by atoms with Crippen LogP contribution in [0.1, 0.15) is 18.4 Å². The van der Waals surface area contributed by atoms with E-state index in [1.807, 2.05) is 19.0 Å². The Morgan fingerprint density at radius 2 is 1.50 bits per heavy atom. The average molecular weight is 362 g/mol. The molecule has 1 heterocycles. The lowest BCUT2D eigenvalue weighted by Gasteiger charge is -2.36. The fourth-order valence-electron chi connectivity index (χ4n) is 3.12. The van der Waals surface area contributed by atoms with Crippen molar-refractivity contribution in [2.75, 3.05) is 33.1 Å². The molecule has 2 unspecified atom stereocenters. The lowest BCUT2D eigenvalue weighted by Crippen LogP contribution is -2.59. The number of urea groups is 1. The summed E-state index contributed by atoms with van der Waals surface area (Å²) in [6, 6.07) is 4.96. The number of anilines is 1. The van der Waals surface area contributed by atoms with E-state index in [-0.39, 0.29) is 0 Å². The number of nitro groups is 1. The first kappa shape index (κ1) is 19.4. The molecular formula is C17H22N4O5. The van der Waals surface area contributed by atoms with Crippen LogP contribution in [0.3, 0.4) is 0 Å². The maximum Gasteiger partial charge on any atom is 0.332 e. The van der Waals surface area contributed by atoms with Gasteiger partial charge in [-0.3, -0.25) is 29.5 Å². The molecule has 1 aliphatic heterocycles. The topological polar surface area (TPSA) is 104 Å². The molecule has 1 fully saturated rings. The summed E-state index contributed by atoms with van der Waals surface area (Å²) < 4.78 is 0. The van der Waals surface area contributed by atoms with Crippen LogP contribution in [0.2, 0.25) is 0 Å². The summed E-state index contributed by atoms with van der Waals surface area (Å²) in [5.74, 6) is -3.77. The van der Waals surface area contributed by atoms with Crippen LogP contribution in [0, 0.1) is 16.0 Å². The van der Waals surface area contributed by atoms with Crippen molar-refractivity contribution in [3.63, 3.8) is 0 Å². The molecule has 0 bridgehead atoms. The highest BCUT2D eigenvalue weighted by Crippen LogP contribution is 2.35. The van der Waals surface area contributed by atoms with E-state index in [1.54, 1.807) is 24.3 Å². The summed E-state index contributed by atoms with van der Waals surface area (Å²) in [6.45, 7) is 1.36. The summed E-state index contributed by atoms with van der Waals surface area (Å²) in [7, 11) is 6.25. The maximum atomic E-state index is 12.6. The quantitative estimate of drug-likeness (QED) is 0.442. The molecule has 2 rings (SSSR count). The number of nitrogens with zero attached hydrogens (tertiary/aromatic N) is 4. The molecule has 0 radical (unpaired) electrons. The number of carbonyl (C=O) groups is 3. The second-order valence-corrected chi connectivity index (χ2v) is 6.59. The van der Waals surface area contributed by atoms with Crippen LogP contribution in [0.5, 0.6) is 0 Å². The summed E-state index contributed by atoms with van der Waals surface area (Å²) in [6.07, 6.45) is 0. The Kier molecular flexibility index (Phi) is 5.29.